The van der Waals surface area contributed by atoms with Gasteiger partial charge in [0.15, 0.2) is 0 Å². The van der Waals surface area contributed by atoms with Gasteiger partial charge in [-0.15, -0.1) is 6.58 Å². The van der Waals surface area contributed by atoms with Crippen LogP contribution in [-0.2, 0) is 0 Å². The molecule has 1 fully saturated rings. The highest BCUT2D eigenvalue weighted by Crippen LogP contribution is 2.31. The van der Waals surface area contributed by atoms with E-state index in [4.69, 9.17) is 11.6 Å². The second-order valence-corrected chi connectivity index (χ2v) is 4.90. The van der Waals surface area contributed by atoms with Crippen LogP contribution in [0.15, 0.2) is 30.9 Å². The molecule has 2 nitrogen and oxygen atoms in total. The maximum atomic E-state index is 13.1. The van der Waals surface area contributed by atoms with Crippen molar-refractivity contribution >= 4 is 11.6 Å². The van der Waals surface area contributed by atoms with Crippen molar-refractivity contribution in [1.82, 2.24) is 10.2 Å². The third-order valence-corrected chi connectivity index (χ3v) is 3.63. The Kier molecular flexibility index (Phi) is 4.75. The molecule has 0 aliphatic carbocycles. The van der Waals surface area contributed by atoms with Gasteiger partial charge in [0.1, 0.15) is 5.82 Å². The second kappa shape index (κ2) is 6.32. The topological polar surface area (TPSA) is 15.3 Å². The quantitative estimate of drug-likeness (QED) is 0.845. The van der Waals surface area contributed by atoms with E-state index in [-0.39, 0.29) is 11.9 Å². The molecule has 0 bridgehead atoms. The summed E-state index contributed by atoms with van der Waals surface area (Å²) >= 11 is 6.16. The molecule has 1 aliphatic rings. The van der Waals surface area contributed by atoms with Crippen LogP contribution in [0.25, 0.3) is 0 Å². The van der Waals surface area contributed by atoms with Gasteiger partial charge in [-0.1, -0.05) is 23.7 Å². The maximum absolute atomic E-state index is 13.1. The predicted octanol–water partition coefficient (Wildman–Crippen LogP) is 3.00. The van der Waals surface area contributed by atoms with Gasteiger partial charge in [-0.25, -0.2) is 4.39 Å². The Morgan fingerprint density at radius 2 is 2.17 bits per heavy atom. The summed E-state index contributed by atoms with van der Waals surface area (Å²) in [6.07, 6.45) is 2.72. The van der Waals surface area contributed by atoms with E-state index in [2.05, 4.69) is 16.8 Å². The van der Waals surface area contributed by atoms with Crippen molar-refractivity contribution in [2.45, 2.75) is 12.5 Å². The zero-order valence-electron chi connectivity index (χ0n) is 10.3. The highest BCUT2D eigenvalue weighted by molar-refractivity contribution is 6.31. The molecule has 1 aromatic carbocycles. The van der Waals surface area contributed by atoms with Gasteiger partial charge in [-0.3, -0.25) is 4.90 Å². The summed E-state index contributed by atoms with van der Waals surface area (Å²) in [5.74, 6) is -0.290. The highest BCUT2D eigenvalue weighted by Gasteiger charge is 2.22. The molecule has 0 unspecified atom stereocenters. The summed E-state index contributed by atoms with van der Waals surface area (Å²) in [5, 5.41) is 3.83. The summed E-state index contributed by atoms with van der Waals surface area (Å²) in [5.41, 5.74) is 0.986. The summed E-state index contributed by atoms with van der Waals surface area (Å²) in [6.45, 7) is 7.72. The molecule has 2 rings (SSSR count). The minimum atomic E-state index is -0.290. The van der Waals surface area contributed by atoms with Crippen LogP contribution in [0.4, 0.5) is 4.39 Å². The van der Waals surface area contributed by atoms with Crippen molar-refractivity contribution in [2.75, 3.05) is 26.2 Å². The molecule has 1 atom stereocenters. The van der Waals surface area contributed by atoms with Gasteiger partial charge in [-0.2, -0.15) is 0 Å². The number of halogens is 2. The van der Waals surface area contributed by atoms with Gasteiger partial charge in [0.2, 0.25) is 0 Å². The Morgan fingerprint density at radius 3 is 2.78 bits per heavy atom. The molecule has 1 heterocycles. The van der Waals surface area contributed by atoms with Gasteiger partial charge in [-0.05, 0) is 24.1 Å². The van der Waals surface area contributed by atoms with E-state index in [0.717, 1.165) is 38.2 Å². The van der Waals surface area contributed by atoms with Crippen molar-refractivity contribution in [3.8, 4) is 0 Å². The summed E-state index contributed by atoms with van der Waals surface area (Å²) in [6, 6.07) is 4.83. The first-order chi connectivity index (χ1) is 8.72. The van der Waals surface area contributed by atoms with Crippen LogP contribution < -0.4 is 5.32 Å². The van der Waals surface area contributed by atoms with E-state index in [1.165, 1.54) is 12.1 Å². The normalized spacial score (nSPS) is 18.6. The van der Waals surface area contributed by atoms with Crippen LogP contribution in [0.3, 0.4) is 0 Å². The molecule has 0 spiro atoms. The van der Waals surface area contributed by atoms with E-state index < -0.39 is 0 Å². The van der Waals surface area contributed by atoms with Crippen LogP contribution in [0.2, 0.25) is 5.02 Å². The second-order valence-electron chi connectivity index (χ2n) is 4.49. The minimum absolute atomic E-state index is 0.192. The molecule has 0 radical (unpaired) electrons. The number of benzene rings is 1. The van der Waals surface area contributed by atoms with Gasteiger partial charge in [0, 0.05) is 37.2 Å². The summed E-state index contributed by atoms with van der Waals surface area (Å²) < 4.78 is 13.1. The van der Waals surface area contributed by atoms with Crippen molar-refractivity contribution in [2.24, 2.45) is 0 Å². The molecule has 0 aromatic heterocycles. The van der Waals surface area contributed by atoms with E-state index in [1.54, 1.807) is 6.07 Å². The number of rotatable bonds is 4. The summed E-state index contributed by atoms with van der Waals surface area (Å²) in [4.78, 5) is 2.37. The molecule has 0 saturated carbocycles. The van der Waals surface area contributed by atoms with Crippen LogP contribution in [0, 0.1) is 5.82 Å². The number of nitrogens with one attached hydrogen (secondary N) is 1. The van der Waals surface area contributed by atoms with Crippen molar-refractivity contribution in [3.63, 3.8) is 0 Å². The maximum Gasteiger partial charge on any atom is 0.124 e. The molecular weight excluding hydrogens is 251 g/mol. The molecular formula is C14H18ClFN2. The predicted molar refractivity (Wildman–Crippen MR) is 73.4 cm³/mol. The first-order valence-corrected chi connectivity index (χ1v) is 6.61. The monoisotopic (exact) mass is 268 g/mol. The van der Waals surface area contributed by atoms with E-state index in [9.17, 15) is 4.39 Å². The first kappa shape index (κ1) is 13.5. The molecule has 1 aromatic rings. The van der Waals surface area contributed by atoms with Gasteiger partial charge in [0.05, 0.1) is 0 Å². The minimum Gasteiger partial charge on any atom is -0.314 e. The standard InChI is InChI=1S/C14H18ClFN2/c1-2-3-14(18-8-6-17-7-9-18)12-5-4-11(16)10-13(12)15/h2,4-5,10,14,17H,1,3,6-9H2/t14-/m1/s1. The third kappa shape index (κ3) is 3.10. The highest BCUT2D eigenvalue weighted by atomic mass is 35.5. The largest absolute Gasteiger partial charge is 0.314 e. The lowest BCUT2D eigenvalue weighted by Crippen LogP contribution is -2.45. The smallest absolute Gasteiger partial charge is 0.124 e. The summed E-state index contributed by atoms with van der Waals surface area (Å²) in [7, 11) is 0. The molecule has 18 heavy (non-hydrogen) atoms. The van der Waals surface area contributed by atoms with Gasteiger partial charge >= 0.3 is 0 Å². The van der Waals surface area contributed by atoms with Crippen molar-refractivity contribution < 1.29 is 4.39 Å². The lowest BCUT2D eigenvalue weighted by molar-refractivity contribution is 0.174. The number of hydrogen-bond donors (Lipinski definition) is 1. The fourth-order valence-electron chi connectivity index (χ4n) is 2.40. The number of piperazine rings is 1. The Hall–Kier alpha value is -0.900. The van der Waals surface area contributed by atoms with Gasteiger partial charge < -0.3 is 5.32 Å². The molecule has 1 N–H and O–H groups in total. The average molecular weight is 269 g/mol. The molecule has 98 valence electrons. The fourth-order valence-corrected chi connectivity index (χ4v) is 2.69. The van der Waals surface area contributed by atoms with Crippen molar-refractivity contribution in [3.05, 3.63) is 47.3 Å². The van der Waals surface area contributed by atoms with E-state index >= 15 is 0 Å². The Balaban J connectivity index is 2.24. The fraction of sp³-hybridized carbons (Fsp3) is 0.429. The van der Waals surface area contributed by atoms with Gasteiger partial charge in [0.25, 0.3) is 0 Å². The van der Waals surface area contributed by atoms with Crippen LogP contribution in [-0.4, -0.2) is 31.1 Å². The lowest BCUT2D eigenvalue weighted by atomic mass is 10.0. The molecule has 4 heteroatoms. The van der Waals surface area contributed by atoms with Crippen LogP contribution >= 0.6 is 11.6 Å². The molecule has 1 saturated heterocycles. The lowest BCUT2D eigenvalue weighted by Gasteiger charge is -2.35. The third-order valence-electron chi connectivity index (χ3n) is 3.30. The molecule has 1 aliphatic heterocycles. The number of nitrogens with zero attached hydrogens (tertiary/aromatic N) is 1. The molecule has 0 amide bonds. The zero-order valence-corrected chi connectivity index (χ0v) is 11.1. The number of hydrogen-bond acceptors (Lipinski definition) is 2. The Morgan fingerprint density at radius 1 is 1.44 bits per heavy atom. The van der Waals surface area contributed by atoms with Crippen LogP contribution in [0.1, 0.15) is 18.0 Å². The Bertz CT molecular complexity index is 416. The first-order valence-electron chi connectivity index (χ1n) is 6.23. The van der Waals surface area contributed by atoms with Crippen LogP contribution in [0.5, 0.6) is 0 Å². The van der Waals surface area contributed by atoms with E-state index in [0.29, 0.717) is 5.02 Å². The Labute approximate surface area is 112 Å². The SMILES string of the molecule is C=CC[C@H](c1ccc(F)cc1Cl)N1CCNCC1. The average Bonchev–Trinajstić information content (AvgIpc) is 2.38. The van der Waals surface area contributed by atoms with E-state index in [1.807, 2.05) is 6.08 Å². The van der Waals surface area contributed by atoms with Crippen molar-refractivity contribution in [1.29, 1.82) is 0 Å². The zero-order chi connectivity index (χ0) is 13.0.